The highest BCUT2D eigenvalue weighted by Crippen LogP contribution is 2.42. The Morgan fingerprint density at radius 2 is 1.76 bits per heavy atom. The summed E-state index contributed by atoms with van der Waals surface area (Å²) < 4.78 is 78.8. The van der Waals surface area contributed by atoms with Crippen LogP contribution in [0.1, 0.15) is 32.4 Å². The van der Waals surface area contributed by atoms with Gasteiger partial charge in [0.2, 0.25) is 5.95 Å². The maximum Gasteiger partial charge on any atom is 0.436 e. The van der Waals surface area contributed by atoms with Gasteiger partial charge in [-0.05, 0) is 44.7 Å². The van der Waals surface area contributed by atoms with Crippen LogP contribution in [0.2, 0.25) is 0 Å². The Kier molecular flexibility index (Phi) is 5.39. The van der Waals surface area contributed by atoms with E-state index in [-0.39, 0.29) is 5.92 Å². The van der Waals surface area contributed by atoms with Gasteiger partial charge in [-0.3, -0.25) is 4.68 Å². The summed E-state index contributed by atoms with van der Waals surface area (Å²) in [5.41, 5.74) is -0.667. The fourth-order valence-corrected chi connectivity index (χ4v) is 5.69. The van der Waals surface area contributed by atoms with Crippen molar-refractivity contribution in [3.05, 3.63) is 36.2 Å². The number of hydrogen-bond donors (Lipinski definition) is 0. The Morgan fingerprint density at radius 3 is 2.28 bits per heavy atom. The van der Waals surface area contributed by atoms with Crippen molar-refractivity contribution in [2.24, 2.45) is 13.0 Å². The Hall–Kier alpha value is -2.17. The van der Waals surface area contributed by atoms with Gasteiger partial charge in [0.05, 0.1) is 16.6 Å². The van der Waals surface area contributed by atoms with E-state index in [0.717, 1.165) is 16.6 Å². The number of pyridine rings is 1. The van der Waals surface area contributed by atoms with Crippen LogP contribution < -0.4 is 4.90 Å². The quantitative estimate of drug-likeness (QED) is 0.545. The van der Waals surface area contributed by atoms with E-state index in [2.05, 4.69) is 10.1 Å². The van der Waals surface area contributed by atoms with E-state index in [1.165, 1.54) is 33.2 Å². The third-order valence-corrected chi connectivity index (χ3v) is 8.20. The second kappa shape index (κ2) is 7.26. The molecule has 1 aliphatic rings. The van der Waals surface area contributed by atoms with Gasteiger partial charge >= 0.3 is 6.18 Å². The summed E-state index contributed by atoms with van der Waals surface area (Å²) in [6.45, 7) is 3.93. The largest absolute Gasteiger partial charge is 0.436 e. The van der Waals surface area contributed by atoms with Crippen molar-refractivity contribution in [3.63, 3.8) is 0 Å². The second-order valence-corrected chi connectivity index (χ2v) is 10.2. The van der Waals surface area contributed by atoms with Gasteiger partial charge < -0.3 is 4.90 Å². The first-order valence-electron chi connectivity index (χ1n) is 9.06. The molecule has 0 unspecified atom stereocenters. The van der Waals surface area contributed by atoms with Crippen LogP contribution in [0.5, 0.6) is 0 Å². The highest BCUT2D eigenvalue weighted by Gasteiger charge is 2.49. The average molecular weight is 434 g/mol. The third kappa shape index (κ3) is 3.96. The van der Waals surface area contributed by atoms with Gasteiger partial charge in [-0.15, -0.1) is 0 Å². The second-order valence-electron chi connectivity index (χ2n) is 7.72. The Labute approximate surface area is 166 Å². The highest BCUT2D eigenvalue weighted by atomic mass is 32.2. The number of piperidine rings is 1. The molecule has 11 heteroatoms. The van der Waals surface area contributed by atoms with Crippen LogP contribution in [0.4, 0.5) is 23.2 Å². The third-order valence-electron chi connectivity index (χ3n) is 5.60. The zero-order valence-corrected chi connectivity index (χ0v) is 17.1. The first-order chi connectivity index (χ1) is 13.3. The molecule has 1 fully saturated rings. The summed E-state index contributed by atoms with van der Waals surface area (Å²) in [5.74, 6) is -0.939. The number of sulfone groups is 1. The van der Waals surface area contributed by atoms with Gasteiger partial charge in [-0.2, -0.15) is 22.7 Å². The number of halogens is 4. The van der Waals surface area contributed by atoms with Crippen LogP contribution >= 0.6 is 0 Å². The first kappa shape index (κ1) is 21.5. The van der Waals surface area contributed by atoms with Crippen LogP contribution in [0.3, 0.4) is 0 Å². The molecule has 0 radical (unpaired) electrons. The number of hydrogen-bond acceptors (Lipinski definition) is 5. The molecule has 3 rings (SSSR count). The molecule has 29 heavy (non-hydrogen) atoms. The fraction of sp³-hybridized carbons (Fsp3) is 0.556. The van der Waals surface area contributed by atoms with Gasteiger partial charge in [0.15, 0.2) is 15.5 Å². The van der Waals surface area contributed by atoms with Crippen molar-refractivity contribution >= 4 is 15.5 Å². The van der Waals surface area contributed by atoms with E-state index in [1.807, 2.05) is 4.90 Å². The molecule has 0 N–H and O–H groups in total. The number of rotatable bonds is 4. The molecular weight excluding hydrogens is 412 g/mol. The van der Waals surface area contributed by atoms with E-state index >= 15 is 0 Å². The summed E-state index contributed by atoms with van der Waals surface area (Å²) in [4.78, 5) is 4.78. The minimum absolute atomic E-state index is 0.349. The smallest absolute Gasteiger partial charge is 0.370 e. The van der Waals surface area contributed by atoms with Crippen LogP contribution in [-0.2, 0) is 23.1 Å². The maximum absolute atomic E-state index is 13.3. The number of aryl methyl sites for hydroxylation is 1. The molecule has 0 aliphatic carbocycles. The van der Waals surface area contributed by atoms with Crippen LogP contribution in [0.25, 0.3) is 0 Å². The summed E-state index contributed by atoms with van der Waals surface area (Å²) in [6.07, 6.45) is -1.61. The van der Waals surface area contributed by atoms with Gasteiger partial charge in [0, 0.05) is 26.3 Å². The Balaban J connectivity index is 1.83. The van der Waals surface area contributed by atoms with Crippen LogP contribution in [0.15, 0.2) is 29.4 Å². The molecule has 160 valence electrons. The van der Waals surface area contributed by atoms with Crippen LogP contribution in [0, 0.1) is 11.9 Å². The predicted octanol–water partition coefficient (Wildman–Crippen LogP) is 3.44. The Morgan fingerprint density at radius 1 is 1.14 bits per heavy atom. The predicted molar refractivity (Wildman–Crippen MR) is 98.6 cm³/mol. The molecule has 2 aromatic heterocycles. The zero-order chi connectivity index (χ0) is 21.6. The van der Waals surface area contributed by atoms with Crippen molar-refractivity contribution < 1.29 is 26.0 Å². The molecular formula is C18H22F4N4O2S. The summed E-state index contributed by atoms with van der Waals surface area (Å²) in [6, 6.07) is 2.84. The van der Waals surface area contributed by atoms with E-state index in [4.69, 9.17) is 0 Å². The van der Waals surface area contributed by atoms with Crippen molar-refractivity contribution in [2.75, 3.05) is 18.0 Å². The molecule has 0 bridgehead atoms. The van der Waals surface area contributed by atoms with Crippen molar-refractivity contribution in [2.45, 2.75) is 42.5 Å². The summed E-state index contributed by atoms with van der Waals surface area (Å²) in [7, 11) is -3.04. The SMILES string of the molecule is Cn1cc(S(=O)(=O)C(C)(C)C2CCN(c3ccc(F)nc3)CC2)c(C(F)(F)F)n1. The monoisotopic (exact) mass is 434 g/mol. The average Bonchev–Trinajstić information content (AvgIpc) is 3.05. The lowest BCUT2D eigenvalue weighted by atomic mass is 9.85. The number of alkyl halides is 3. The maximum atomic E-state index is 13.3. The van der Waals surface area contributed by atoms with Crippen molar-refractivity contribution in [1.82, 2.24) is 14.8 Å². The zero-order valence-electron chi connectivity index (χ0n) is 16.2. The molecule has 1 aliphatic heterocycles. The van der Waals surface area contributed by atoms with Crippen LogP contribution in [-0.4, -0.2) is 41.0 Å². The molecule has 0 saturated carbocycles. The van der Waals surface area contributed by atoms with E-state index < -0.39 is 37.3 Å². The van der Waals surface area contributed by atoms with E-state index in [9.17, 15) is 26.0 Å². The van der Waals surface area contributed by atoms with Gasteiger partial charge in [0.1, 0.15) is 4.90 Å². The normalized spacial score (nSPS) is 17.0. The standard InChI is InChI=1S/C18H22F4N4O2S/c1-17(2,29(27,28)14-11-25(3)24-16(14)18(20,21)22)12-6-8-26(9-7-12)13-4-5-15(19)23-10-13/h4-5,10-12H,6-9H2,1-3H3. The molecule has 0 aromatic carbocycles. The minimum atomic E-state index is -4.86. The van der Waals surface area contributed by atoms with Gasteiger partial charge in [-0.25, -0.2) is 13.4 Å². The molecule has 0 atom stereocenters. The topological polar surface area (TPSA) is 68.1 Å². The van der Waals surface area contributed by atoms with Crippen molar-refractivity contribution in [3.8, 4) is 0 Å². The number of aromatic nitrogens is 3. The summed E-state index contributed by atoms with van der Waals surface area (Å²) >= 11 is 0. The molecule has 3 heterocycles. The van der Waals surface area contributed by atoms with Gasteiger partial charge in [-0.1, -0.05) is 0 Å². The van der Waals surface area contributed by atoms with Crippen molar-refractivity contribution in [1.29, 1.82) is 0 Å². The number of anilines is 1. The summed E-state index contributed by atoms with van der Waals surface area (Å²) in [5, 5.41) is 3.33. The fourth-order valence-electron chi connectivity index (χ4n) is 3.75. The van der Waals surface area contributed by atoms with E-state index in [0.29, 0.717) is 25.9 Å². The first-order valence-corrected chi connectivity index (χ1v) is 10.5. The molecule has 0 spiro atoms. The van der Waals surface area contributed by atoms with Gasteiger partial charge in [0.25, 0.3) is 0 Å². The highest BCUT2D eigenvalue weighted by molar-refractivity contribution is 7.92. The molecule has 2 aromatic rings. The van der Waals surface area contributed by atoms with E-state index in [1.54, 1.807) is 6.07 Å². The minimum Gasteiger partial charge on any atom is -0.370 e. The lowest BCUT2D eigenvalue weighted by Crippen LogP contribution is -2.46. The lowest BCUT2D eigenvalue weighted by Gasteiger charge is -2.40. The number of nitrogens with zero attached hydrogens (tertiary/aromatic N) is 4. The molecule has 0 amide bonds. The lowest BCUT2D eigenvalue weighted by molar-refractivity contribution is -0.143. The Bertz CT molecular complexity index is 976. The molecule has 6 nitrogen and oxygen atoms in total. The molecule has 1 saturated heterocycles.